The number of benzene rings is 1. The van der Waals surface area contributed by atoms with Crippen LogP contribution in [0.15, 0.2) is 30.3 Å². The number of nitrogens with zero attached hydrogens (tertiary/aromatic N) is 2. The number of carbonyl (C=O) groups is 2. The molecule has 2 rings (SSSR count). The van der Waals surface area contributed by atoms with E-state index in [1.807, 2.05) is 30.3 Å². The number of halogens is 1. The van der Waals surface area contributed by atoms with Gasteiger partial charge < -0.3 is 19.3 Å². The molecule has 7 heteroatoms. The molecule has 0 N–H and O–H groups in total. The Morgan fingerprint density at radius 3 is 2.30 bits per heavy atom. The first-order valence-electron chi connectivity index (χ1n) is 7.64. The molecule has 0 radical (unpaired) electrons. The Labute approximate surface area is 140 Å². The molecule has 0 aliphatic carbocycles. The molecule has 1 saturated heterocycles. The second kappa shape index (κ2) is 9.25. The molecule has 1 aliphatic heterocycles. The lowest BCUT2D eigenvalue weighted by atomic mass is 10.3. The molecule has 2 amide bonds. The van der Waals surface area contributed by atoms with Crippen molar-refractivity contribution in [3.05, 3.63) is 30.3 Å². The molecular formula is C16H21ClN2O4. The second-order valence-electron chi connectivity index (χ2n) is 5.08. The normalized spacial score (nSPS) is 14.5. The van der Waals surface area contributed by atoms with Crippen LogP contribution in [0.3, 0.4) is 0 Å². The predicted octanol–water partition coefficient (Wildman–Crippen LogP) is 1.98. The summed E-state index contributed by atoms with van der Waals surface area (Å²) >= 11 is 5.48. The summed E-state index contributed by atoms with van der Waals surface area (Å²) in [5, 5.41) is 0. The van der Waals surface area contributed by atoms with Crippen molar-refractivity contribution in [2.24, 2.45) is 0 Å². The summed E-state index contributed by atoms with van der Waals surface area (Å²) in [6.45, 7) is 2.54. The van der Waals surface area contributed by atoms with E-state index in [1.165, 1.54) is 0 Å². The predicted molar refractivity (Wildman–Crippen MR) is 86.8 cm³/mol. The molecule has 0 aromatic heterocycles. The van der Waals surface area contributed by atoms with Crippen molar-refractivity contribution in [1.29, 1.82) is 0 Å². The molecule has 0 bridgehead atoms. The Bertz CT molecular complexity index is 504. The monoisotopic (exact) mass is 340 g/mol. The molecule has 0 atom stereocenters. The van der Waals surface area contributed by atoms with E-state index in [9.17, 15) is 9.59 Å². The van der Waals surface area contributed by atoms with Gasteiger partial charge in [-0.2, -0.15) is 0 Å². The Morgan fingerprint density at radius 1 is 1.00 bits per heavy atom. The number of piperazine rings is 1. The molecule has 0 spiro atoms. The zero-order valence-corrected chi connectivity index (χ0v) is 13.7. The Hall–Kier alpha value is -1.95. The van der Waals surface area contributed by atoms with Gasteiger partial charge >= 0.3 is 6.09 Å². The Balaban J connectivity index is 1.66. The molecule has 126 valence electrons. The minimum atomic E-state index is -0.370. The number of carbonyl (C=O) groups excluding carboxylic acids is 2. The molecule has 0 unspecified atom stereocenters. The smallest absolute Gasteiger partial charge is 0.409 e. The minimum Gasteiger partial charge on any atom is -0.493 e. The number of hydrogen-bond donors (Lipinski definition) is 0. The molecular weight excluding hydrogens is 320 g/mol. The van der Waals surface area contributed by atoms with Gasteiger partial charge in [-0.15, -0.1) is 11.6 Å². The SMILES string of the molecule is O=C(CCOc1ccccc1)N1CCN(C(=O)OCCCl)CC1. The van der Waals surface area contributed by atoms with Gasteiger partial charge in [0.2, 0.25) is 5.91 Å². The highest BCUT2D eigenvalue weighted by Gasteiger charge is 2.24. The van der Waals surface area contributed by atoms with Crippen molar-refractivity contribution >= 4 is 23.6 Å². The van der Waals surface area contributed by atoms with Gasteiger partial charge in [-0.3, -0.25) is 4.79 Å². The molecule has 1 aromatic carbocycles. The van der Waals surface area contributed by atoms with Crippen molar-refractivity contribution in [3.8, 4) is 5.75 Å². The van der Waals surface area contributed by atoms with E-state index in [0.29, 0.717) is 39.2 Å². The summed E-state index contributed by atoms with van der Waals surface area (Å²) in [5.41, 5.74) is 0. The molecule has 1 aliphatic rings. The lowest BCUT2D eigenvalue weighted by Gasteiger charge is -2.34. The van der Waals surface area contributed by atoms with Crippen LogP contribution in [0.25, 0.3) is 0 Å². The van der Waals surface area contributed by atoms with Gasteiger partial charge in [0.05, 0.1) is 18.9 Å². The van der Waals surface area contributed by atoms with E-state index in [-0.39, 0.29) is 24.5 Å². The quantitative estimate of drug-likeness (QED) is 0.743. The van der Waals surface area contributed by atoms with Crippen LogP contribution in [-0.4, -0.2) is 67.1 Å². The summed E-state index contributed by atoms with van der Waals surface area (Å²) < 4.78 is 10.5. The third-order valence-corrected chi connectivity index (χ3v) is 3.68. The first-order valence-corrected chi connectivity index (χ1v) is 8.17. The molecule has 1 heterocycles. The number of alkyl halides is 1. The molecule has 1 aromatic rings. The number of hydrogen-bond acceptors (Lipinski definition) is 4. The van der Waals surface area contributed by atoms with Gasteiger partial charge in [-0.1, -0.05) is 18.2 Å². The molecule has 1 fully saturated rings. The summed E-state index contributed by atoms with van der Waals surface area (Å²) in [6, 6.07) is 9.40. The van der Waals surface area contributed by atoms with Crippen molar-refractivity contribution in [1.82, 2.24) is 9.80 Å². The van der Waals surface area contributed by atoms with Gasteiger partial charge in [0.25, 0.3) is 0 Å². The largest absolute Gasteiger partial charge is 0.493 e. The fourth-order valence-electron chi connectivity index (χ4n) is 2.29. The second-order valence-corrected chi connectivity index (χ2v) is 5.46. The highest BCUT2D eigenvalue weighted by molar-refractivity contribution is 6.18. The van der Waals surface area contributed by atoms with E-state index in [0.717, 1.165) is 5.75 Å². The lowest BCUT2D eigenvalue weighted by Crippen LogP contribution is -2.51. The lowest BCUT2D eigenvalue weighted by molar-refractivity contribution is -0.133. The Morgan fingerprint density at radius 2 is 1.65 bits per heavy atom. The Kier molecular flexibility index (Phi) is 7.00. The number of rotatable bonds is 6. The van der Waals surface area contributed by atoms with Crippen LogP contribution in [0, 0.1) is 0 Å². The highest BCUT2D eigenvalue weighted by Crippen LogP contribution is 2.10. The average molecular weight is 341 g/mol. The van der Waals surface area contributed by atoms with E-state index < -0.39 is 0 Å². The standard InChI is InChI=1S/C16H21ClN2O4/c17-7-13-23-16(21)19-10-8-18(9-11-19)15(20)6-12-22-14-4-2-1-3-5-14/h1-5H,6-13H2. The number of para-hydroxylation sites is 1. The van der Waals surface area contributed by atoms with Crippen LogP contribution in [0.5, 0.6) is 5.75 Å². The maximum absolute atomic E-state index is 12.1. The fourth-order valence-corrected chi connectivity index (χ4v) is 2.36. The molecule has 23 heavy (non-hydrogen) atoms. The summed E-state index contributed by atoms with van der Waals surface area (Å²) in [6.07, 6.45) is -0.0452. The van der Waals surface area contributed by atoms with Crippen LogP contribution in [-0.2, 0) is 9.53 Å². The highest BCUT2D eigenvalue weighted by atomic mass is 35.5. The van der Waals surface area contributed by atoms with E-state index in [1.54, 1.807) is 9.80 Å². The van der Waals surface area contributed by atoms with Crippen LogP contribution in [0.4, 0.5) is 4.79 Å². The van der Waals surface area contributed by atoms with Gasteiger partial charge in [0.1, 0.15) is 12.4 Å². The summed E-state index contributed by atoms with van der Waals surface area (Å²) in [5.74, 6) is 1.08. The van der Waals surface area contributed by atoms with Gasteiger partial charge in [0.15, 0.2) is 0 Å². The third-order valence-electron chi connectivity index (χ3n) is 3.52. The van der Waals surface area contributed by atoms with Crippen LogP contribution in [0.2, 0.25) is 0 Å². The van der Waals surface area contributed by atoms with E-state index in [2.05, 4.69) is 0 Å². The zero-order chi connectivity index (χ0) is 16.5. The first-order chi connectivity index (χ1) is 11.2. The summed E-state index contributed by atoms with van der Waals surface area (Å²) in [4.78, 5) is 27.2. The molecule has 6 nitrogen and oxygen atoms in total. The van der Waals surface area contributed by atoms with Crippen molar-refractivity contribution in [2.75, 3.05) is 45.3 Å². The summed E-state index contributed by atoms with van der Waals surface area (Å²) in [7, 11) is 0. The maximum atomic E-state index is 12.1. The average Bonchev–Trinajstić information content (AvgIpc) is 2.60. The van der Waals surface area contributed by atoms with Gasteiger partial charge in [-0.25, -0.2) is 4.79 Å². The minimum absolute atomic E-state index is 0.0368. The van der Waals surface area contributed by atoms with Crippen LogP contribution < -0.4 is 4.74 Å². The van der Waals surface area contributed by atoms with Crippen molar-refractivity contribution in [2.45, 2.75) is 6.42 Å². The topological polar surface area (TPSA) is 59.1 Å². The van der Waals surface area contributed by atoms with E-state index in [4.69, 9.17) is 21.1 Å². The zero-order valence-electron chi connectivity index (χ0n) is 12.9. The van der Waals surface area contributed by atoms with Crippen LogP contribution in [0.1, 0.15) is 6.42 Å². The van der Waals surface area contributed by atoms with Crippen LogP contribution >= 0.6 is 11.6 Å². The fraction of sp³-hybridized carbons (Fsp3) is 0.500. The number of ether oxygens (including phenoxy) is 2. The maximum Gasteiger partial charge on any atom is 0.409 e. The first kappa shape index (κ1) is 17.4. The van der Waals surface area contributed by atoms with E-state index >= 15 is 0 Å². The third kappa shape index (κ3) is 5.63. The van der Waals surface area contributed by atoms with Crippen molar-refractivity contribution < 1.29 is 19.1 Å². The van der Waals surface area contributed by atoms with Gasteiger partial charge in [0, 0.05) is 26.2 Å². The molecule has 0 saturated carbocycles. The van der Waals surface area contributed by atoms with Gasteiger partial charge in [-0.05, 0) is 12.1 Å². The van der Waals surface area contributed by atoms with Crippen molar-refractivity contribution in [3.63, 3.8) is 0 Å². The number of amides is 2.